The van der Waals surface area contributed by atoms with Crippen LogP contribution in [0.25, 0.3) is 0 Å². The topological polar surface area (TPSA) is 101 Å². The van der Waals surface area contributed by atoms with E-state index in [4.69, 9.17) is 4.74 Å². The van der Waals surface area contributed by atoms with Gasteiger partial charge in [-0.1, -0.05) is 17.7 Å². The van der Waals surface area contributed by atoms with E-state index in [9.17, 15) is 14.4 Å². The van der Waals surface area contributed by atoms with Gasteiger partial charge in [-0.25, -0.2) is 9.89 Å². The van der Waals surface area contributed by atoms with Crippen LogP contribution in [0.3, 0.4) is 0 Å². The van der Waals surface area contributed by atoms with Crippen LogP contribution in [-0.2, 0) is 4.79 Å². The highest BCUT2D eigenvalue weighted by molar-refractivity contribution is 5.94. The lowest BCUT2D eigenvalue weighted by Gasteiger charge is -2.06. The number of nitrogens with zero attached hydrogens (tertiary/aromatic N) is 1. The Kier molecular flexibility index (Phi) is 4.45. The SMILES string of the molecule is Cc1ccc(OC(=O)CNC(=O)c2ccc(=O)[nH]n2)cc1. The van der Waals surface area contributed by atoms with E-state index in [1.54, 1.807) is 12.1 Å². The van der Waals surface area contributed by atoms with Crippen molar-refractivity contribution in [3.05, 3.63) is 58.0 Å². The molecule has 0 saturated carbocycles. The van der Waals surface area contributed by atoms with Gasteiger partial charge in [0.05, 0.1) is 0 Å². The van der Waals surface area contributed by atoms with Gasteiger partial charge in [-0.15, -0.1) is 0 Å². The Morgan fingerprint density at radius 1 is 1.19 bits per heavy atom. The molecule has 1 heterocycles. The van der Waals surface area contributed by atoms with Crippen molar-refractivity contribution < 1.29 is 14.3 Å². The fourth-order valence-corrected chi connectivity index (χ4v) is 1.49. The number of H-pyrrole nitrogens is 1. The second-order valence-electron chi connectivity index (χ2n) is 4.28. The Morgan fingerprint density at radius 2 is 1.90 bits per heavy atom. The van der Waals surface area contributed by atoms with Gasteiger partial charge >= 0.3 is 5.97 Å². The molecule has 21 heavy (non-hydrogen) atoms. The van der Waals surface area contributed by atoms with E-state index in [-0.39, 0.29) is 12.2 Å². The summed E-state index contributed by atoms with van der Waals surface area (Å²) in [5.41, 5.74) is 0.648. The summed E-state index contributed by atoms with van der Waals surface area (Å²) in [6.07, 6.45) is 0. The third-order valence-corrected chi connectivity index (χ3v) is 2.56. The highest BCUT2D eigenvalue weighted by Gasteiger charge is 2.10. The number of aromatic amines is 1. The summed E-state index contributed by atoms with van der Waals surface area (Å²) < 4.78 is 5.04. The molecular weight excluding hydrogens is 274 g/mol. The second-order valence-corrected chi connectivity index (χ2v) is 4.28. The second kappa shape index (κ2) is 6.47. The number of rotatable bonds is 4. The Balaban J connectivity index is 1.86. The number of nitrogens with one attached hydrogen (secondary N) is 2. The average molecular weight is 287 g/mol. The molecule has 108 valence electrons. The van der Waals surface area contributed by atoms with Crippen molar-refractivity contribution in [1.29, 1.82) is 0 Å². The summed E-state index contributed by atoms with van der Waals surface area (Å²) in [5, 5.41) is 8.03. The van der Waals surface area contributed by atoms with Crippen LogP contribution in [0.4, 0.5) is 0 Å². The number of carbonyl (C=O) groups is 2. The van der Waals surface area contributed by atoms with Crippen LogP contribution in [-0.4, -0.2) is 28.6 Å². The van der Waals surface area contributed by atoms with Crippen LogP contribution < -0.4 is 15.6 Å². The molecular formula is C14H13N3O4. The third kappa shape index (κ3) is 4.27. The maximum atomic E-state index is 11.7. The number of ether oxygens (including phenoxy) is 1. The lowest BCUT2D eigenvalue weighted by atomic mass is 10.2. The Labute approximate surface area is 120 Å². The molecule has 0 aliphatic heterocycles. The highest BCUT2D eigenvalue weighted by atomic mass is 16.5. The zero-order valence-corrected chi connectivity index (χ0v) is 11.3. The first-order valence-corrected chi connectivity index (χ1v) is 6.16. The number of hydrogen-bond donors (Lipinski definition) is 2. The van der Waals surface area contributed by atoms with Crippen molar-refractivity contribution in [3.8, 4) is 5.75 Å². The summed E-state index contributed by atoms with van der Waals surface area (Å²) in [6.45, 7) is 1.62. The molecule has 0 aliphatic carbocycles. The molecule has 0 atom stereocenters. The highest BCUT2D eigenvalue weighted by Crippen LogP contribution is 2.11. The molecule has 1 amide bonds. The van der Waals surface area contributed by atoms with E-state index < -0.39 is 17.4 Å². The summed E-state index contributed by atoms with van der Waals surface area (Å²) >= 11 is 0. The number of benzene rings is 1. The summed E-state index contributed by atoms with van der Waals surface area (Å²) in [4.78, 5) is 34.0. The van der Waals surface area contributed by atoms with Gasteiger partial charge in [0.2, 0.25) is 0 Å². The van der Waals surface area contributed by atoms with E-state index in [0.717, 1.165) is 5.56 Å². The van der Waals surface area contributed by atoms with E-state index >= 15 is 0 Å². The van der Waals surface area contributed by atoms with Crippen molar-refractivity contribution in [1.82, 2.24) is 15.5 Å². The van der Waals surface area contributed by atoms with Crippen LogP contribution >= 0.6 is 0 Å². The van der Waals surface area contributed by atoms with Gasteiger partial charge in [-0.3, -0.25) is 9.59 Å². The van der Waals surface area contributed by atoms with E-state index in [1.807, 2.05) is 19.1 Å². The maximum absolute atomic E-state index is 11.7. The number of aromatic nitrogens is 2. The summed E-state index contributed by atoms with van der Waals surface area (Å²) in [5.74, 6) is -0.772. The fourth-order valence-electron chi connectivity index (χ4n) is 1.49. The quantitative estimate of drug-likeness (QED) is 0.626. The minimum Gasteiger partial charge on any atom is -0.425 e. The Morgan fingerprint density at radius 3 is 2.52 bits per heavy atom. The lowest BCUT2D eigenvalue weighted by molar-refractivity contribution is -0.133. The Hall–Kier alpha value is -2.96. The van der Waals surface area contributed by atoms with E-state index in [2.05, 4.69) is 15.5 Å². The minimum absolute atomic E-state index is 0.0118. The summed E-state index contributed by atoms with van der Waals surface area (Å²) in [7, 11) is 0. The molecule has 7 heteroatoms. The normalized spacial score (nSPS) is 9.95. The van der Waals surface area contributed by atoms with Crippen molar-refractivity contribution in [3.63, 3.8) is 0 Å². The van der Waals surface area contributed by atoms with E-state index in [0.29, 0.717) is 5.75 Å². The number of amides is 1. The van der Waals surface area contributed by atoms with Gasteiger partial charge < -0.3 is 10.1 Å². The molecule has 2 aromatic rings. The molecule has 0 aliphatic rings. The van der Waals surface area contributed by atoms with Crippen molar-refractivity contribution in [2.45, 2.75) is 6.92 Å². The van der Waals surface area contributed by atoms with Crippen LogP contribution in [0, 0.1) is 6.92 Å². The fraction of sp³-hybridized carbons (Fsp3) is 0.143. The monoisotopic (exact) mass is 287 g/mol. The zero-order valence-electron chi connectivity index (χ0n) is 11.3. The smallest absolute Gasteiger partial charge is 0.330 e. The molecule has 7 nitrogen and oxygen atoms in total. The first-order valence-electron chi connectivity index (χ1n) is 6.16. The van der Waals surface area contributed by atoms with Crippen molar-refractivity contribution >= 4 is 11.9 Å². The van der Waals surface area contributed by atoms with Crippen LogP contribution in [0.1, 0.15) is 16.1 Å². The molecule has 0 unspecified atom stereocenters. The van der Waals surface area contributed by atoms with Gasteiger partial charge in [0, 0.05) is 6.07 Å². The third-order valence-electron chi connectivity index (χ3n) is 2.56. The van der Waals surface area contributed by atoms with Crippen molar-refractivity contribution in [2.75, 3.05) is 6.54 Å². The lowest BCUT2D eigenvalue weighted by Crippen LogP contribution is -2.32. The zero-order chi connectivity index (χ0) is 15.2. The average Bonchev–Trinajstić information content (AvgIpc) is 2.48. The maximum Gasteiger partial charge on any atom is 0.330 e. The Bertz CT molecular complexity index is 686. The standard InChI is InChI=1S/C14H13N3O4/c1-9-2-4-10(5-3-9)21-13(19)8-15-14(20)11-6-7-12(18)17-16-11/h2-7H,8H2,1H3,(H,15,20)(H,17,18). The predicted molar refractivity (Wildman–Crippen MR) is 74.0 cm³/mol. The molecule has 0 fully saturated rings. The van der Waals surface area contributed by atoms with Gasteiger partial charge in [0.1, 0.15) is 18.0 Å². The molecule has 1 aromatic carbocycles. The van der Waals surface area contributed by atoms with Gasteiger partial charge in [0.25, 0.3) is 11.5 Å². The molecule has 0 bridgehead atoms. The number of aryl methyl sites for hydroxylation is 1. The largest absolute Gasteiger partial charge is 0.425 e. The molecule has 0 saturated heterocycles. The molecule has 0 radical (unpaired) electrons. The van der Waals surface area contributed by atoms with E-state index in [1.165, 1.54) is 12.1 Å². The van der Waals surface area contributed by atoms with Gasteiger partial charge in [-0.2, -0.15) is 5.10 Å². The molecule has 1 aromatic heterocycles. The van der Waals surface area contributed by atoms with Crippen LogP contribution in [0.2, 0.25) is 0 Å². The first kappa shape index (κ1) is 14.4. The predicted octanol–water partition coefficient (Wildman–Crippen LogP) is 0.414. The molecule has 2 N–H and O–H groups in total. The van der Waals surface area contributed by atoms with Crippen LogP contribution in [0.5, 0.6) is 5.75 Å². The number of esters is 1. The van der Waals surface area contributed by atoms with Crippen molar-refractivity contribution in [2.24, 2.45) is 0 Å². The number of hydrogen-bond acceptors (Lipinski definition) is 5. The van der Waals surface area contributed by atoms with Crippen LogP contribution in [0.15, 0.2) is 41.2 Å². The molecule has 2 rings (SSSR count). The summed E-state index contributed by atoms with van der Waals surface area (Å²) in [6, 6.07) is 9.39. The number of carbonyl (C=O) groups excluding carboxylic acids is 2. The van der Waals surface area contributed by atoms with Gasteiger partial charge in [-0.05, 0) is 25.1 Å². The first-order chi connectivity index (χ1) is 10.0. The minimum atomic E-state index is -0.600. The van der Waals surface area contributed by atoms with Gasteiger partial charge in [0.15, 0.2) is 0 Å². The molecule has 0 spiro atoms.